The minimum Gasteiger partial charge on any atom is -0.392 e. The monoisotopic (exact) mass is 286 g/mol. The smallest absolute Gasteiger partial charge is 0.232 e. The van der Waals surface area contributed by atoms with Gasteiger partial charge in [-0.25, -0.2) is 0 Å². The molecule has 0 spiro atoms. The maximum atomic E-state index is 9.93. The molecular weight excluding hydrogens is 264 g/mol. The molecule has 1 aliphatic carbocycles. The average molecular weight is 286 g/mol. The number of aliphatic hydroxyl groups is 1. The van der Waals surface area contributed by atoms with Crippen molar-refractivity contribution in [3.63, 3.8) is 0 Å². The fraction of sp³-hybridized carbons (Fsp3) is 0.529. The number of aryl methyl sites for hydroxylation is 1. The van der Waals surface area contributed by atoms with Crippen molar-refractivity contribution in [3.8, 4) is 0 Å². The van der Waals surface area contributed by atoms with E-state index in [0.29, 0.717) is 12.3 Å². The van der Waals surface area contributed by atoms with Gasteiger partial charge in [-0.1, -0.05) is 43.3 Å². The average Bonchev–Trinajstić information content (AvgIpc) is 3.02. The zero-order valence-electron chi connectivity index (χ0n) is 12.6. The Morgan fingerprint density at radius 3 is 3.00 bits per heavy atom. The van der Waals surface area contributed by atoms with E-state index in [1.54, 1.807) is 0 Å². The van der Waals surface area contributed by atoms with Crippen LogP contribution in [0.4, 0.5) is 0 Å². The number of nitrogens with zero attached hydrogens (tertiary/aromatic N) is 2. The summed E-state index contributed by atoms with van der Waals surface area (Å²) >= 11 is 0. The van der Waals surface area contributed by atoms with Gasteiger partial charge in [-0.05, 0) is 36.8 Å². The molecule has 4 heteroatoms. The molecule has 0 bridgehead atoms. The Labute approximate surface area is 125 Å². The Morgan fingerprint density at radius 1 is 1.38 bits per heavy atom. The van der Waals surface area contributed by atoms with E-state index in [2.05, 4.69) is 34.4 Å². The van der Waals surface area contributed by atoms with E-state index < -0.39 is 6.10 Å². The zero-order chi connectivity index (χ0) is 14.8. The van der Waals surface area contributed by atoms with Gasteiger partial charge in [-0.2, -0.15) is 4.98 Å². The number of benzene rings is 1. The number of hydrogen-bond donors (Lipinski definition) is 1. The van der Waals surface area contributed by atoms with Crippen LogP contribution in [-0.2, 0) is 6.42 Å². The molecule has 1 N–H and O–H groups in total. The Bertz CT molecular complexity index is 608. The highest BCUT2D eigenvalue weighted by Gasteiger charge is 2.28. The summed E-state index contributed by atoms with van der Waals surface area (Å²) in [7, 11) is 0. The number of aromatic nitrogens is 2. The molecule has 1 heterocycles. The van der Waals surface area contributed by atoms with Crippen LogP contribution in [0, 0.1) is 0 Å². The second-order valence-corrected chi connectivity index (χ2v) is 5.90. The van der Waals surface area contributed by atoms with Crippen molar-refractivity contribution in [2.24, 2.45) is 0 Å². The second-order valence-electron chi connectivity index (χ2n) is 5.90. The highest BCUT2D eigenvalue weighted by Crippen LogP contribution is 2.35. The molecule has 1 aliphatic rings. The summed E-state index contributed by atoms with van der Waals surface area (Å²) in [5, 5.41) is 14.1. The largest absolute Gasteiger partial charge is 0.392 e. The Kier molecular flexibility index (Phi) is 4.06. The normalized spacial score (nSPS) is 20.8. The van der Waals surface area contributed by atoms with E-state index in [0.717, 1.165) is 25.1 Å². The summed E-state index contributed by atoms with van der Waals surface area (Å²) in [6.07, 6.45) is 3.59. The number of hydrogen-bond acceptors (Lipinski definition) is 4. The van der Waals surface area contributed by atoms with Crippen molar-refractivity contribution in [1.82, 2.24) is 10.1 Å². The summed E-state index contributed by atoms with van der Waals surface area (Å²) in [5.74, 6) is 1.41. The highest BCUT2D eigenvalue weighted by atomic mass is 16.5. The molecule has 0 fully saturated rings. The first-order valence-corrected chi connectivity index (χ1v) is 7.80. The summed E-state index contributed by atoms with van der Waals surface area (Å²) in [6.45, 7) is 3.89. The Morgan fingerprint density at radius 2 is 2.19 bits per heavy atom. The summed E-state index contributed by atoms with van der Waals surface area (Å²) in [4.78, 5) is 4.56. The van der Waals surface area contributed by atoms with Gasteiger partial charge in [0.05, 0.1) is 12.0 Å². The predicted octanol–water partition coefficient (Wildman–Crippen LogP) is 3.41. The topological polar surface area (TPSA) is 59.2 Å². The molecule has 21 heavy (non-hydrogen) atoms. The van der Waals surface area contributed by atoms with Crippen LogP contribution in [0.25, 0.3) is 0 Å². The Hall–Kier alpha value is -1.68. The van der Waals surface area contributed by atoms with Crippen molar-refractivity contribution in [2.45, 2.75) is 57.5 Å². The SMILES string of the molecule is CCC(O)C(C)c1nc(C2CCCc3ccccc32)no1. The number of fused-ring (bicyclic) bond motifs is 1. The maximum absolute atomic E-state index is 9.93. The van der Waals surface area contributed by atoms with Gasteiger partial charge in [0.2, 0.25) is 5.89 Å². The molecule has 4 nitrogen and oxygen atoms in total. The van der Waals surface area contributed by atoms with E-state index in [4.69, 9.17) is 4.52 Å². The molecule has 3 unspecified atom stereocenters. The van der Waals surface area contributed by atoms with Crippen molar-refractivity contribution in [2.75, 3.05) is 0 Å². The first-order valence-electron chi connectivity index (χ1n) is 7.80. The second kappa shape index (κ2) is 5.98. The molecule has 2 aromatic rings. The lowest BCUT2D eigenvalue weighted by atomic mass is 9.82. The van der Waals surface area contributed by atoms with E-state index >= 15 is 0 Å². The van der Waals surface area contributed by atoms with E-state index in [1.165, 1.54) is 11.1 Å². The molecule has 112 valence electrons. The minimum atomic E-state index is -0.433. The maximum Gasteiger partial charge on any atom is 0.232 e. The lowest BCUT2D eigenvalue weighted by Crippen LogP contribution is -2.15. The molecule has 0 amide bonds. The van der Waals surface area contributed by atoms with Gasteiger partial charge < -0.3 is 9.63 Å². The molecule has 3 atom stereocenters. The van der Waals surface area contributed by atoms with Crippen LogP contribution in [0.2, 0.25) is 0 Å². The van der Waals surface area contributed by atoms with Crippen LogP contribution in [0.3, 0.4) is 0 Å². The van der Waals surface area contributed by atoms with Gasteiger partial charge in [0.25, 0.3) is 0 Å². The van der Waals surface area contributed by atoms with Crippen molar-refractivity contribution < 1.29 is 9.63 Å². The zero-order valence-corrected chi connectivity index (χ0v) is 12.6. The van der Waals surface area contributed by atoms with E-state index in [1.807, 2.05) is 13.8 Å². The third kappa shape index (κ3) is 2.72. The fourth-order valence-corrected chi connectivity index (χ4v) is 3.11. The molecule has 3 rings (SSSR count). The van der Waals surface area contributed by atoms with Crippen LogP contribution in [-0.4, -0.2) is 21.4 Å². The third-order valence-electron chi connectivity index (χ3n) is 4.52. The van der Waals surface area contributed by atoms with Gasteiger partial charge in [0.15, 0.2) is 5.82 Å². The highest BCUT2D eigenvalue weighted by molar-refractivity contribution is 5.36. The molecule has 0 saturated carbocycles. The van der Waals surface area contributed by atoms with E-state index in [9.17, 15) is 5.11 Å². The van der Waals surface area contributed by atoms with E-state index in [-0.39, 0.29) is 11.8 Å². The van der Waals surface area contributed by atoms with Crippen molar-refractivity contribution in [3.05, 3.63) is 47.1 Å². The van der Waals surface area contributed by atoms with Gasteiger partial charge in [0, 0.05) is 5.92 Å². The number of rotatable bonds is 4. The molecule has 0 radical (unpaired) electrons. The van der Waals surface area contributed by atoms with Gasteiger partial charge in [0.1, 0.15) is 0 Å². The van der Waals surface area contributed by atoms with Crippen LogP contribution >= 0.6 is 0 Å². The summed E-state index contributed by atoms with van der Waals surface area (Å²) in [5.41, 5.74) is 2.71. The van der Waals surface area contributed by atoms with Crippen LogP contribution < -0.4 is 0 Å². The third-order valence-corrected chi connectivity index (χ3v) is 4.52. The van der Waals surface area contributed by atoms with Gasteiger partial charge in [-0.15, -0.1) is 0 Å². The molecule has 1 aromatic carbocycles. The molecule has 0 saturated heterocycles. The van der Waals surface area contributed by atoms with Crippen LogP contribution in [0.1, 0.15) is 67.8 Å². The summed E-state index contributed by atoms with van der Waals surface area (Å²) in [6, 6.07) is 8.51. The van der Waals surface area contributed by atoms with Crippen LogP contribution in [0.5, 0.6) is 0 Å². The lowest BCUT2D eigenvalue weighted by Gasteiger charge is -2.22. The molecular formula is C17H22N2O2. The quantitative estimate of drug-likeness (QED) is 0.935. The Balaban J connectivity index is 1.88. The van der Waals surface area contributed by atoms with Crippen molar-refractivity contribution in [1.29, 1.82) is 0 Å². The first kappa shape index (κ1) is 14.3. The standard InChI is InChI=1S/C17H22N2O2/c1-3-15(20)11(2)17-18-16(19-21-17)14-10-6-8-12-7-4-5-9-13(12)14/h4-5,7,9,11,14-15,20H,3,6,8,10H2,1-2H3. The van der Waals surface area contributed by atoms with Gasteiger partial charge in [-0.3, -0.25) is 0 Å². The molecule has 1 aromatic heterocycles. The predicted molar refractivity (Wildman–Crippen MR) is 80.2 cm³/mol. The first-order chi connectivity index (χ1) is 10.2. The minimum absolute atomic E-state index is 0.116. The van der Waals surface area contributed by atoms with Gasteiger partial charge >= 0.3 is 0 Å². The van der Waals surface area contributed by atoms with Crippen LogP contribution in [0.15, 0.2) is 28.8 Å². The summed E-state index contributed by atoms with van der Waals surface area (Å²) < 4.78 is 5.40. The number of aliphatic hydroxyl groups excluding tert-OH is 1. The fourth-order valence-electron chi connectivity index (χ4n) is 3.11. The molecule has 0 aliphatic heterocycles. The lowest BCUT2D eigenvalue weighted by molar-refractivity contribution is 0.129. The van der Waals surface area contributed by atoms with Crippen molar-refractivity contribution >= 4 is 0 Å².